The zero-order valence-electron chi connectivity index (χ0n) is 10.0. The van der Waals surface area contributed by atoms with Crippen LogP contribution in [0, 0.1) is 0 Å². The standard InChI is InChI=1S/C15H15ClO/c1-3-15(2,14(16)17)13-10-6-8-11-7-4-5-9-12(11)13/h4-10H,3H2,1-2H3. The molecule has 1 nitrogen and oxygen atoms in total. The summed E-state index contributed by atoms with van der Waals surface area (Å²) in [6.45, 7) is 3.89. The maximum Gasteiger partial charge on any atom is 0.231 e. The maximum absolute atomic E-state index is 11.7. The van der Waals surface area contributed by atoms with Crippen molar-refractivity contribution >= 4 is 27.6 Å². The van der Waals surface area contributed by atoms with Gasteiger partial charge < -0.3 is 0 Å². The molecule has 1 unspecified atom stereocenters. The third-order valence-corrected chi connectivity index (χ3v) is 3.94. The first kappa shape index (κ1) is 12.1. The summed E-state index contributed by atoms with van der Waals surface area (Å²) in [5, 5.41) is 1.95. The van der Waals surface area contributed by atoms with Crippen molar-refractivity contribution in [3.05, 3.63) is 48.0 Å². The van der Waals surface area contributed by atoms with E-state index in [9.17, 15) is 4.79 Å². The van der Waals surface area contributed by atoms with Gasteiger partial charge >= 0.3 is 0 Å². The van der Waals surface area contributed by atoms with Gasteiger partial charge in [0.05, 0.1) is 5.41 Å². The average Bonchev–Trinajstić information content (AvgIpc) is 2.37. The molecule has 0 aliphatic heterocycles. The minimum Gasteiger partial charge on any atom is -0.280 e. The second-order valence-electron chi connectivity index (χ2n) is 4.49. The summed E-state index contributed by atoms with van der Waals surface area (Å²) in [6.07, 6.45) is 0.698. The van der Waals surface area contributed by atoms with Crippen LogP contribution >= 0.6 is 11.6 Å². The summed E-state index contributed by atoms with van der Waals surface area (Å²) in [4.78, 5) is 11.7. The molecule has 1 atom stereocenters. The van der Waals surface area contributed by atoms with Crippen molar-refractivity contribution in [2.45, 2.75) is 25.7 Å². The molecule has 2 aromatic carbocycles. The second-order valence-corrected chi connectivity index (χ2v) is 4.83. The molecule has 0 fully saturated rings. The van der Waals surface area contributed by atoms with E-state index < -0.39 is 5.41 Å². The van der Waals surface area contributed by atoms with E-state index >= 15 is 0 Å². The van der Waals surface area contributed by atoms with Gasteiger partial charge in [0, 0.05) is 0 Å². The van der Waals surface area contributed by atoms with Gasteiger partial charge in [-0.15, -0.1) is 0 Å². The van der Waals surface area contributed by atoms with Gasteiger partial charge in [-0.05, 0) is 41.3 Å². The van der Waals surface area contributed by atoms with E-state index in [4.69, 9.17) is 11.6 Å². The largest absolute Gasteiger partial charge is 0.280 e. The van der Waals surface area contributed by atoms with Crippen molar-refractivity contribution in [2.24, 2.45) is 0 Å². The van der Waals surface area contributed by atoms with Crippen molar-refractivity contribution in [1.82, 2.24) is 0 Å². The van der Waals surface area contributed by atoms with Crippen LogP contribution in [0.4, 0.5) is 0 Å². The Morgan fingerprint density at radius 3 is 2.47 bits per heavy atom. The van der Waals surface area contributed by atoms with E-state index in [0.29, 0.717) is 6.42 Å². The molecule has 0 saturated carbocycles. The van der Waals surface area contributed by atoms with E-state index in [2.05, 4.69) is 0 Å². The molecular formula is C15H15ClO. The Morgan fingerprint density at radius 1 is 1.18 bits per heavy atom. The van der Waals surface area contributed by atoms with Gasteiger partial charge in [-0.25, -0.2) is 0 Å². The summed E-state index contributed by atoms with van der Waals surface area (Å²) >= 11 is 5.78. The normalized spacial score (nSPS) is 14.5. The van der Waals surface area contributed by atoms with Crippen LogP contribution in [0.1, 0.15) is 25.8 Å². The summed E-state index contributed by atoms with van der Waals surface area (Å²) < 4.78 is 0. The first-order valence-corrected chi connectivity index (χ1v) is 6.15. The lowest BCUT2D eigenvalue weighted by atomic mass is 9.79. The van der Waals surface area contributed by atoms with Crippen LogP contribution in [0.25, 0.3) is 10.8 Å². The highest BCUT2D eigenvalue weighted by molar-refractivity contribution is 6.65. The highest BCUT2D eigenvalue weighted by Gasteiger charge is 2.33. The minimum absolute atomic E-state index is 0.295. The Kier molecular flexibility index (Phi) is 3.21. The van der Waals surface area contributed by atoms with Crippen LogP contribution in [0.5, 0.6) is 0 Å². The number of benzene rings is 2. The molecule has 17 heavy (non-hydrogen) atoms. The van der Waals surface area contributed by atoms with Crippen LogP contribution in [-0.2, 0) is 10.2 Å². The Bertz CT molecular complexity index is 556. The van der Waals surface area contributed by atoms with Crippen LogP contribution < -0.4 is 0 Å². The molecule has 0 aromatic heterocycles. The molecular weight excluding hydrogens is 232 g/mol. The van der Waals surface area contributed by atoms with Gasteiger partial charge in [-0.3, -0.25) is 4.79 Å². The van der Waals surface area contributed by atoms with Gasteiger partial charge in [0.1, 0.15) is 0 Å². The van der Waals surface area contributed by atoms with E-state index in [1.807, 2.05) is 56.3 Å². The third-order valence-electron chi connectivity index (χ3n) is 3.53. The Labute approximate surface area is 106 Å². The van der Waals surface area contributed by atoms with Crippen molar-refractivity contribution in [3.63, 3.8) is 0 Å². The zero-order chi connectivity index (χ0) is 12.5. The van der Waals surface area contributed by atoms with Crippen LogP contribution in [0.2, 0.25) is 0 Å². The number of rotatable bonds is 3. The van der Waals surface area contributed by atoms with Gasteiger partial charge in [-0.1, -0.05) is 49.4 Å². The SMILES string of the molecule is CCC(C)(C(=O)Cl)c1cccc2ccccc12. The lowest BCUT2D eigenvalue weighted by molar-refractivity contribution is -0.116. The monoisotopic (exact) mass is 246 g/mol. The number of hydrogen-bond donors (Lipinski definition) is 0. The molecule has 88 valence electrons. The molecule has 0 bridgehead atoms. The number of halogens is 1. The Balaban J connectivity index is 2.74. The van der Waals surface area contributed by atoms with E-state index in [1.54, 1.807) is 0 Å². The predicted octanol–water partition coefficient (Wildman–Crippen LogP) is 4.27. The topological polar surface area (TPSA) is 17.1 Å². The lowest BCUT2D eigenvalue weighted by Crippen LogP contribution is -2.28. The van der Waals surface area contributed by atoms with Gasteiger partial charge in [0.2, 0.25) is 5.24 Å². The van der Waals surface area contributed by atoms with Crippen molar-refractivity contribution in [3.8, 4) is 0 Å². The van der Waals surface area contributed by atoms with E-state index in [0.717, 1.165) is 16.3 Å². The first-order valence-electron chi connectivity index (χ1n) is 5.78. The molecule has 0 radical (unpaired) electrons. The molecule has 0 spiro atoms. The quantitative estimate of drug-likeness (QED) is 0.739. The fourth-order valence-electron chi connectivity index (χ4n) is 2.14. The van der Waals surface area contributed by atoms with Crippen LogP contribution in [-0.4, -0.2) is 5.24 Å². The van der Waals surface area contributed by atoms with Gasteiger partial charge in [0.15, 0.2) is 0 Å². The first-order chi connectivity index (χ1) is 8.09. The molecule has 0 heterocycles. The van der Waals surface area contributed by atoms with Gasteiger partial charge in [-0.2, -0.15) is 0 Å². The highest BCUT2D eigenvalue weighted by Crippen LogP contribution is 2.35. The fraction of sp³-hybridized carbons (Fsp3) is 0.267. The number of fused-ring (bicyclic) bond motifs is 1. The maximum atomic E-state index is 11.7. The highest BCUT2D eigenvalue weighted by atomic mass is 35.5. The molecule has 2 rings (SSSR count). The molecule has 0 aliphatic carbocycles. The number of carbonyl (C=O) groups excluding carboxylic acids is 1. The number of hydrogen-bond acceptors (Lipinski definition) is 1. The Hall–Kier alpha value is -1.34. The van der Waals surface area contributed by atoms with Crippen LogP contribution in [0.3, 0.4) is 0 Å². The number of carbonyl (C=O) groups is 1. The molecule has 2 heteroatoms. The Morgan fingerprint density at radius 2 is 1.82 bits per heavy atom. The van der Waals surface area contributed by atoms with Crippen molar-refractivity contribution in [1.29, 1.82) is 0 Å². The molecule has 2 aromatic rings. The molecule has 0 N–H and O–H groups in total. The summed E-state index contributed by atoms with van der Waals surface area (Å²) in [7, 11) is 0. The molecule has 0 amide bonds. The minimum atomic E-state index is -0.609. The average molecular weight is 247 g/mol. The lowest BCUT2D eigenvalue weighted by Gasteiger charge is -2.25. The van der Waals surface area contributed by atoms with E-state index in [1.165, 1.54) is 0 Å². The molecule has 0 saturated heterocycles. The van der Waals surface area contributed by atoms with Crippen molar-refractivity contribution in [2.75, 3.05) is 0 Å². The van der Waals surface area contributed by atoms with Gasteiger partial charge in [0.25, 0.3) is 0 Å². The summed E-state index contributed by atoms with van der Waals surface area (Å²) in [6, 6.07) is 14.1. The van der Waals surface area contributed by atoms with Crippen LogP contribution in [0.15, 0.2) is 42.5 Å². The zero-order valence-corrected chi connectivity index (χ0v) is 10.8. The molecule has 0 aliphatic rings. The smallest absolute Gasteiger partial charge is 0.231 e. The second kappa shape index (κ2) is 4.50. The summed E-state index contributed by atoms with van der Waals surface area (Å²) in [5.41, 5.74) is 0.403. The third kappa shape index (κ3) is 1.96. The van der Waals surface area contributed by atoms with E-state index in [-0.39, 0.29) is 5.24 Å². The summed E-state index contributed by atoms with van der Waals surface area (Å²) in [5.74, 6) is 0. The fourth-order valence-corrected chi connectivity index (χ4v) is 2.38. The van der Waals surface area contributed by atoms with Crippen molar-refractivity contribution < 1.29 is 4.79 Å². The predicted molar refractivity (Wildman–Crippen MR) is 72.5 cm³/mol.